The van der Waals surface area contributed by atoms with E-state index in [1.54, 1.807) is 0 Å². The summed E-state index contributed by atoms with van der Waals surface area (Å²) in [6.07, 6.45) is 4.58. The van der Waals surface area contributed by atoms with E-state index in [1.807, 2.05) is 17.8 Å². The summed E-state index contributed by atoms with van der Waals surface area (Å²) in [5.74, 6) is -2.51. The number of nitrogens with zero attached hydrogens (tertiary/aromatic N) is 2. The molecule has 3 aromatic carbocycles. The van der Waals surface area contributed by atoms with Gasteiger partial charge < -0.3 is 15.1 Å². The first-order valence-electron chi connectivity index (χ1n) is 13.1. The molecule has 39 heavy (non-hydrogen) atoms. The Hall–Kier alpha value is -3.10. The molecule has 1 unspecified atom stereocenters. The molecule has 0 bridgehead atoms. The van der Waals surface area contributed by atoms with Gasteiger partial charge >= 0.3 is 11.9 Å². The number of hydrogen-bond donors (Lipinski definition) is 2. The van der Waals surface area contributed by atoms with Crippen molar-refractivity contribution in [1.82, 2.24) is 9.80 Å². The molecule has 3 aromatic rings. The third kappa shape index (κ3) is 8.70. The molecule has 5 rings (SSSR count). The second-order valence-electron chi connectivity index (χ2n) is 9.59. The molecular formula is C31H33ClN2O4S. The second-order valence-corrected chi connectivity index (χ2v) is 11.1. The van der Waals surface area contributed by atoms with E-state index in [0.717, 1.165) is 37.6 Å². The predicted molar refractivity (Wildman–Crippen MR) is 156 cm³/mol. The summed E-state index contributed by atoms with van der Waals surface area (Å²) >= 11 is 8.33. The Balaban J connectivity index is 0.000000386. The molecular weight excluding hydrogens is 532 g/mol. The zero-order valence-electron chi connectivity index (χ0n) is 21.7. The zero-order valence-corrected chi connectivity index (χ0v) is 23.3. The van der Waals surface area contributed by atoms with Crippen LogP contribution in [0.25, 0.3) is 0 Å². The number of piperazine rings is 1. The lowest BCUT2D eigenvalue weighted by atomic mass is 9.96. The summed E-state index contributed by atoms with van der Waals surface area (Å²) < 4.78 is 0. The van der Waals surface area contributed by atoms with Crippen molar-refractivity contribution in [3.05, 3.63) is 107 Å². The van der Waals surface area contributed by atoms with E-state index in [2.05, 4.69) is 76.5 Å². The summed E-state index contributed by atoms with van der Waals surface area (Å²) in [6.45, 7) is 5.73. The van der Waals surface area contributed by atoms with Crippen LogP contribution in [0.1, 0.15) is 29.2 Å². The molecule has 2 N–H and O–H groups in total. The highest BCUT2D eigenvalue weighted by Gasteiger charge is 2.30. The number of carboxylic acid groups (broad SMARTS) is 2. The topological polar surface area (TPSA) is 81.1 Å². The normalized spacial score (nSPS) is 17.4. The number of rotatable bonds is 7. The van der Waals surface area contributed by atoms with Gasteiger partial charge in [0.25, 0.3) is 0 Å². The van der Waals surface area contributed by atoms with Crippen LogP contribution < -0.4 is 0 Å². The van der Waals surface area contributed by atoms with Gasteiger partial charge in [-0.25, -0.2) is 9.59 Å². The van der Waals surface area contributed by atoms with Crippen LogP contribution in [0.5, 0.6) is 0 Å². The van der Waals surface area contributed by atoms with Crippen molar-refractivity contribution in [3.8, 4) is 0 Å². The molecule has 0 aliphatic carbocycles. The summed E-state index contributed by atoms with van der Waals surface area (Å²) in [4.78, 5) is 27.2. The molecule has 204 valence electrons. The fourth-order valence-electron chi connectivity index (χ4n) is 5.00. The van der Waals surface area contributed by atoms with Crippen molar-refractivity contribution in [1.29, 1.82) is 0 Å². The van der Waals surface area contributed by atoms with Gasteiger partial charge in [-0.15, -0.1) is 0 Å². The minimum absolute atomic E-state index is 0.399. The van der Waals surface area contributed by atoms with Crippen molar-refractivity contribution in [3.63, 3.8) is 0 Å². The molecule has 2 aliphatic rings. The maximum atomic E-state index is 9.55. The fourth-order valence-corrected chi connectivity index (χ4v) is 6.30. The van der Waals surface area contributed by atoms with E-state index in [-0.39, 0.29) is 0 Å². The van der Waals surface area contributed by atoms with E-state index >= 15 is 0 Å². The molecule has 0 radical (unpaired) electrons. The highest BCUT2D eigenvalue weighted by molar-refractivity contribution is 7.99. The molecule has 6 nitrogen and oxygen atoms in total. The second kappa shape index (κ2) is 14.3. The molecule has 2 aliphatic heterocycles. The van der Waals surface area contributed by atoms with Crippen molar-refractivity contribution >= 4 is 35.3 Å². The van der Waals surface area contributed by atoms with Gasteiger partial charge in [0.1, 0.15) is 0 Å². The Morgan fingerprint density at radius 3 is 2.23 bits per heavy atom. The van der Waals surface area contributed by atoms with Crippen molar-refractivity contribution in [2.24, 2.45) is 0 Å². The smallest absolute Gasteiger partial charge is 0.328 e. The lowest BCUT2D eigenvalue weighted by molar-refractivity contribution is -0.134. The number of benzene rings is 3. The Bertz CT molecular complexity index is 1280. The average molecular weight is 565 g/mol. The van der Waals surface area contributed by atoms with Crippen LogP contribution in [-0.4, -0.2) is 64.7 Å². The van der Waals surface area contributed by atoms with E-state index in [9.17, 15) is 9.59 Å². The van der Waals surface area contributed by atoms with E-state index in [0.29, 0.717) is 18.2 Å². The van der Waals surface area contributed by atoms with E-state index in [4.69, 9.17) is 21.8 Å². The monoisotopic (exact) mass is 564 g/mol. The van der Waals surface area contributed by atoms with Crippen LogP contribution in [0, 0.1) is 0 Å². The van der Waals surface area contributed by atoms with Gasteiger partial charge in [-0.05, 0) is 66.8 Å². The average Bonchev–Trinajstić information content (AvgIpc) is 3.10. The van der Waals surface area contributed by atoms with Crippen LogP contribution in [-0.2, 0) is 22.4 Å². The zero-order chi connectivity index (χ0) is 27.6. The number of aliphatic carboxylic acids is 2. The number of hydrogen-bond acceptors (Lipinski definition) is 5. The standard InChI is InChI=1S/C27H29ClN2S.C4H4O4/c28-23-12-13-27-24(20-23)25(19-22-10-4-5-11-26(22)31-27)30-17-15-29(16-18-30)14-6-9-21-7-2-1-3-8-21;5-3(6)1-2-4(7)8/h1-5,7-8,10-13,20,25H,6,9,14-19H2;1-2H,(H,5,6)(H,7,8)/b;2-1-. The van der Waals surface area contributed by atoms with E-state index < -0.39 is 11.9 Å². The Morgan fingerprint density at radius 2 is 1.54 bits per heavy atom. The molecule has 1 fully saturated rings. The summed E-state index contributed by atoms with van der Waals surface area (Å²) in [6, 6.07) is 26.6. The van der Waals surface area contributed by atoms with Gasteiger partial charge in [0, 0.05) is 59.2 Å². The largest absolute Gasteiger partial charge is 0.478 e. The molecule has 2 heterocycles. The summed E-state index contributed by atoms with van der Waals surface area (Å²) in [7, 11) is 0. The van der Waals surface area contributed by atoms with Gasteiger partial charge in [-0.1, -0.05) is 71.9 Å². The molecule has 1 atom stereocenters. The van der Waals surface area contributed by atoms with Crippen LogP contribution in [0.4, 0.5) is 0 Å². The number of halogens is 1. The number of fused-ring (bicyclic) bond motifs is 2. The minimum atomic E-state index is -1.26. The van der Waals surface area contributed by atoms with E-state index in [1.165, 1.54) is 45.9 Å². The Morgan fingerprint density at radius 1 is 0.872 bits per heavy atom. The van der Waals surface area contributed by atoms with Gasteiger partial charge in [0.15, 0.2) is 0 Å². The lowest BCUT2D eigenvalue weighted by Gasteiger charge is -2.39. The Kier molecular flexibility index (Phi) is 10.6. The van der Waals surface area contributed by atoms with Gasteiger partial charge in [-0.3, -0.25) is 4.90 Å². The lowest BCUT2D eigenvalue weighted by Crippen LogP contribution is -2.48. The quantitative estimate of drug-likeness (QED) is 0.338. The molecule has 1 saturated heterocycles. The van der Waals surface area contributed by atoms with Crippen molar-refractivity contribution in [2.45, 2.75) is 35.1 Å². The Labute approximate surface area is 238 Å². The summed E-state index contributed by atoms with van der Waals surface area (Å²) in [5.41, 5.74) is 4.30. The maximum Gasteiger partial charge on any atom is 0.328 e. The van der Waals surface area contributed by atoms with Crippen molar-refractivity contribution < 1.29 is 19.8 Å². The van der Waals surface area contributed by atoms with Gasteiger partial charge in [0.05, 0.1) is 0 Å². The van der Waals surface area contributed by atoms with Gasteiger partial charge in [0.2, 0.25) is 0 Å². The number of carboxylic acids is 2. The molecule has 0 amide bonds. The van der Waals surface area contributed by atoms with Crippen LogP contribution in [0.15, 0.2) is 94.7 Å². The minimum Gasteiger partial charge on any atom is -0.478 e. The predicted octanol–water partition coefficient (Wildman–Crippen LogP) is 6.05. The number of carbonyl (C=O) groups is 2. The highest BCUT2D eigenvalue weighted by atomic mass is 35.5. The first-order valence-corrected chi connectivity index (χ1v) is 14.3. The molecule has 0 saturated carbocycles. The molecule has 0 aromatic heterocycles. The van der Waals surface area contributed by atoms with Crippen molar-refractivity contribution in [2.75, 3.05) is 32.7 Å². The molecule has 8 heteroatoms. The van der Waals surface area contributed by atoms with Crippen LogP contribution >= 0.6 is 23.4 Å². The maximum absolute atomic E-state index is 9.55. The third-order valence-corrected chi connectivity index (χ3v) is 8.38. The molecule has 0 spiro atoms. The fraction of sp³-hybridized carbons (Fsp3) is 0.290. The highest BCUT2D eigenvalue weighted by Crippen LogP contribution is 2.43. The van der Waals surface area contributed by atoms with Gasteiger partial charge in [-0.2, -0.15) is 0 Å². The first kappa shape index (κ1) is 28.9. The summed E-state index contributed by atoms with van der Waals surface area (Å²) in [5, 5.41) is 16.5. The SMILES string of the molecule is Clc1ccc2c(c1)C(N1CCN(CCCc3ccccc3)CC1)Cc1ccccc1S2.O=C(O)/C=C\C(=O)O. The first-order chi connectivity index (χ1) is 18.9. The van der Waals surface area contributed by atoms with Crippen LogP contribution in [0.3, 0.4) is 0 Å². The third-order valence-electron chi connectivity index (χ3n) is 6.94. The number of aryl methyl sites for hydroxylation is 1. The van der Waals surface area contributed by atoms with Crippen LogP contribution in [0.2, 0.25) is 5.02 Å².